The Hall–Kier alpha value is 0.720. The van der Waals surface area contributed by atoms with Crippen molar-refractivity contribution in [1.82, 2.24) is 0 Å². The summed E-state index contributed by atoms with van der Waals surface area (Å²) in [6.45, 7) is 33.3. The Bertz CT molecular complexity index is 635. The lowest BCUT2D eigenvalue weighted by Gasteiger charge is -2.38. The molecule has 8 heteroatoms. The molecule has 0 fully saturated rings. The number of rotatable bonds is 42. The molecule has 53 heavy (non-hydrogen) atoms. The first kappa shape index (κ1) is 58.0. The van der Waals surface area contributed by atoms with E-state index in [0.717, 1.165) is 101 Å². The van der Waals surface area contributed by atoms with Crippen molar-refractivity contribution in [2.24, 2.45) is 5.41 Å². The molecule has 0 aromatic rings. The molecule has 0 heterocycles. The first-order chi connectivity index (χ1) is 24.9. The number of unbranched alkanes of at least 4 members (excludes halogenated alkanes) is 18. The molecule has 0 amide bonds. The number of quaternary nitrogens is 2. The molecule has 0 atom stereocenters. The third-order valence-corrected chi connectivity index (χ3v) is 12.4. The summed E-state index contributed by atoms with van der Waals surface area (Å²) >= 11 is 0. The van der Waals surface area contributed by atoms with Crippen LogP contribution < -0.4 is 34.0 Å². The SMILES string of the molecule is CCCCCCCCCCCCOCC(COCCCCCCCCCCCC)(COCC[N+](CC)(CC)CC)COCC[N+](CC)(CC)CC.[Br-].[Br-]. The Labute approximate surface area is 354 Å². The fraction of sp³-hybridized carbons (Fsp3) is 1.00. The molecule has 0 spiro atoms. The molecule has 0 aromatic heterocycles. The second kappa shape index (κ2) is 40.9. The Morgan fingerprint density at radius 3 is 0.774 bits per heavy atom. The number of halogens is 2. The largest absolute Gasteiger partial charge is 1.00 e. The predicted octanol–water partition coefficient (Wildman–Crippen LogP) is 5.64. The zero-order chi connectivity index (χ0) is 37.8. The third kappa shape index (κ3) is 30.5. The topological polar surface area (TPSA) is 36.9 Å². The highest BCUT2D eigenvalue weighted by molar-refractivity contribution is 4.80. The fourth-order valence-electron chi connectivity index (χ4n) is 7.59. The minimum atomic E-state index is -0.280. The van der Waals surface area contributed by atoms with Crippen LogP contribution in [-0.2, 0) is 18.9 Å². The van der Waals surface area contributed by atoms with E-state index in [9.17, 15) is 0 Å². The number of hydrogen-bond donors (Lipinski definition) is 0. The molecule has 0 aliphatic heterocycles. The van der Waals surface area contributed by atoms with E-state index < -0.39 is 0 Å². The van der Waals surface area contributed by atoms with Crippen molar-refractivity contribution in [2.75, 3.05) is 105 Å². The lowest BCUT2D eigenvalue weighted by molar-refractivity contribution is -0.923. The summed E-state index contributed by atoms with van der Waals surface area (Å²) in [6, 6.07) is 0. The van der Waals surface area contributed by atoms with Crippen molar-refractivity contribution in [1.29, 1.82) is 0 Å². The van der Waals surface area contributed by atoms with E-state index >= 15 is 0 Å². The molecule has 0 saturated carbocycles. The summed E-state index contributed by atoms with van der Waals surface area (Å²) in [5, 5.41) is 0. The van der Waals surface area contributed by atoms with Crippen LogP contribution in [0.4, 0.5) is 0 Å². The van der Waals surface area contributed by atoms with Crippen molar-refractivity contribution in [3.05, 3.63) is 0 Å². The Morgan fingerprint density at radius 1 is 0.302 bits per heavy atom. The fourth-order valence-corrected chi connectivity index (χ4v) is 7.59. The minimum absolute atomic E-state index is 0. The summed E-state index contributed by atoms with van der Waals surface area (Å²) in [7, 11) is 0. The average molecular weight is 889 g/mol. The van der Waals surface area contributed by atoms with Gasteiger partial charge < -0.3 is 61.9 Å². The summed E-state index contributed by atoms with van der Waals surface area (Å²) in [4.78, 5) is 0. The van der Waals surface area contributed by atoms with Crippen molar-refractivity contribution in [2.45, 2.75) is 184 Å². The molecule has 0 radical (unpaired) electrons. The van der Waals surface area contributed by atoms with Gasteiger partial charge in [-0.25, -0.2) is 0 Å². The number of likely N-dealkylation sites (N-methyl/N-ethyl adjacent to an activating group) is 2. The minimum Gasteiger partial charge on any atom is -1.00 e. The van der Waals surface area contributed by atoms with Crippen LogP contribution in [-0.4, -0.2) is 114 Å². The third-order valence-electron chi connectivity index (χ3n) is 12.4. The van der Waals surface area contributed by atoms with Crippen molar-refractivity contribution in [3.63, 3.8) is 0 Å². The van der Waals surface area contributed by atoms with Gasteiger partial charge in [0.05, 0.1) is 84.3 Å². The van der Waals surface area contributed by atoms with Gasteiger partial charge in [0.15, 0.2) is 0 Å². The molecule has 0 aromatic carbocycles. The van der Waals surface area contributed by atoms with Gasteiger partial charge in [-0.2, -0.15) is 0 Å². The van der Waals surface area contributed by atoms with Gasteiger partial charge in [-0.15, -0.1) is 0 Å². The highest BCUT2D eigenvalue weighted by atomic mass is 79.9. The van der Waals surface area contributed by atoms with Gasteiger partial charge in [0.1, 0.15) is 13.1 Å². The molecule has 0 N–H and O–H groups in total. The van der Waals surface area contributed by atoms with Crippen LogP contribution in [0, 0.1) is 5.41 Å². The van der Waals surface area contributed by atoms with Crippen LogP contribution in [0.1, 0.15) is 184 Å². The average Bonchev–Trinajstić information content (AvgIpc) is 3.16. The van der Waals surface area contributed by atoms with E-state index in [0.29, 0.717) is 26.4 Å². The monoisotopic (exact) mass is 887 g/mol. The lowest BCUT2D eigenvalue weighted by Crippen LogP contribution is -3.00. The second-order valence-corrected chi connectivity index (χ2v) is 16.1. The number of nitrogens with zero attached hydrogens (tertiary/aromatic N) is 2. The van der Waals surface area contributed by atoms with Crippen LogP contribution in [0.25, 0.3) is 0 Å². The van der Waals surface area contributed by atoms with Crippen LogP contribution in [0.2, 0.25) is 0 Å². The normalized spacial score (nSPS) is 12.2. The van der Waals surface area contributed by atoms with Crippen LogP contribution in [0.15, 0.2) is 0 Å². The van der Waals surface area contributed by atoms with Gasteiger partial charge in [0.25, 0.3) is 0 Å². The molecule has 0 bridgehead atoms. The van der Waals surface area contributed by atoms with E-state index in [1.54, 1.807) is 0 Å². The van der Waals surface area contributed by atoms with Crippen molar-refractivity contribution >= 4 is 0 Å². The van der Waals surface area contributed by atoms with E-state index in [1.165, 1.54) is 116 Å². The Balaban J connectivity index is -0.0000125. The van der Waals surface area contributed by atoms with Crippen molar-refractivity contribution < 1.29 is 61.9 Å². The Kier molecular flexibility index (Phi) is 44.8. The maximum absolute atomic E-state index is 6.58. The lowest BCUT2D eigenvalue weighted by atomic mass is 9.92. The van der Waals surface area contributed by atoms with Gasteiger partial charge >= 0.3 is 0 Å². The highest BCUT2D eigenvalue weighted by Crippen LogP contribution is 2.23. The van der Waals surface area contributed by atoms with E-state index in [1.807, 2.05) is 0 Å². The van der Waals surface area contributed by atoms with Crippen LogP contribution >= 0.6 is 0 Å². The van der Waals surface area contributed by atoms with Gasteiger partial charge in [-0.05, 0) is 54.4 Å². The Morgan fingerprint density at radius 2 is 0.528 bits per heavy atom. The van der Waals surface area contributed by atoms with Crippen LogP contribution in [0.3, 0.4) is 0 Å². The molecule has 0 aliphatic rings. The molecular formula is C45H96Br2N2O4. The summed E-state index contributed by atoms with van der Waals surface area (Å²) < 4.78 is 28.4. The first-order valence-corrected chi connectivity index (χ1v) is 22.9. The number of ether oxygens (including phenoxy) is 4. The van der Waals surface area contributed by atoms with Gasteiger partial charge in [0, 0.05) is 13.2 Å². The van der Waals surface area contributed by atoms with Gasteiger partial charge in [-0.1, -0.05) is 129 Å². The van der Waals surface area contributed by atoms with Gasteiger partial charge in [0.2, 0.25) is 0 Å². The zero-order valence-corrected chi connectivity index (χ0v) is 40.4. The van der Waals surface area contributed by atoms with E-state index in [-0.39, 0.29) is 39.4 Å². The summed E-state index contributed by atoms with van der Waals surface area (Å²) in [5.41, 5.74) is -0.280. The predicted molar refractivity (Wildman–Crippen MR) is 223 cm³/mol. The summed E-state index contributed by atoms with van der Waals surface area (Å²) in [6.07, 6.45) is 26.9. The molecule has 0 rings (SSSR count). The molecular weight excluding hydrogens is 792 g/mol. The maximum atomic E-state index is 6.58. The highest BCUT2D eigenvalue weighted by Gasteiger charge is 2.34. The number of hydrogen-bond acceptors (Lipinski definition) is 4. The van der Waals surface area contributed by atoms with E-state index in [4.69, 9.17) is 18.9 Å². The summed E-state index contributed by atoms with van der Waals surface area (Å²) in [5.74, 6) is 0. The molecule has 0 unspecified atom stereocenters. The second-order valence-electron chi connectivity index (χ2n) is 16.1. The molecule has 6 nitrogen and oxygen atoms in total. The molecule has 324 valence electrons. The van der Waals surface area contributed by atoms with Crippen molar-refractivity contribution in [3.8, 4) is 0 Å². The molecule has 0 aliphatic carbocycles. The first-order valence-electron chi connectivity index (χ1n) is 22.9. The molecule has 0 saturated heterocycles. The zero-order valence-electron chi connectivity index (χ0n) is 37.2. The quantitative estimate of drug-likeness (QED) is 0.0588. The van der Waals surface area contributed by atoms with E-state index in [2.05, 4.69) is 55.4 Å². The maximum Gasteiger partial charge on any atom is 0.102 e. The van der Waals surface area contributed by atoms with Crippen LogP contribution in [0.5, 0.6) is 0 Å². The van der Waals surface area contributed by atoms with Gasteiger partial charge in [-0.3, -0.25) is 0 Å². The standard InChI is InChI=1S/C45H96N2O4.2BrH/c1-9-17-19-21-23-25-27-29-31-33-37-48-41-45(43-50-39-35-46(11-3,12-4)13-5,44-51-40-36-47(14-6,15-7)16-8)42-49-38-34-32-30-28-26-24-22-20-18-10-2;;/h9-44H2,1-8H3;2*1H/q+2;;/p-2. The smallest absolute Gasteiger partial charge is 0.102 e.